The van der Waals surface area contributed by atoms with E-state index in [-0.39, 0.29) is 5.03 Å². The molecule has 2 heterocycles. The quantitative estimate of drug-likeness (QED) is 0.631. The van der Waals surface area contributed by atoms with Gasteiger partial charge in [-0.15, -0.1) is 11.8 Å². The number of sulfonamides is 1. The van der Waals surface area contributed by atoms with Crippen molar-refractivity contribution in [3.8, 4) is 0 Å². The lowest BCUT2D eigenvalue weighted by molar-refractivity contribution is 0.575. The van der Waals surface area contributed by atoms with Crippen LogP contribution in [0.3, 0.4) is 0 Å². The van der Waals surface area contributed by atoms with Crippen LogP contribution in [0.15, 0.2) is 58.6 Å². The Labute approximate surface area is 145 Å². The van der Waals surface area contributed by atoms with Crippen molar-refractivity contribution in [1.29, 1.82) is 0 Å². The largest absolute Gasteiger partial charge is 0.260 e. The number of fused-ring (bicyclic) bond motifs is 1. The number of aromatic amines is 1. The molecule has 2 N–H and O–H groups in total. The summed E-state index contributed by atoms with van der Waals surface area (Å²) in [4.78, 5) is 5.24. The molecule has 0 saturated heterocycles. The maximum Gasteiger partial charge on any atom is 0.260 e. The SMILES string of the molecule is CC(CCNS(=O)(=O)c1n[nH]c2ncccc12)Sc1ccccc1. The highest BCUT2D eigenvalue weighted by Gasteiger charge is 2.21. The van der Waals surface area contributed by atoms with Crippen LogP contribution < -0.4 is 4.72 Å². The van der Waals surface area contributed by atoms with Crippen LogP contribution in [0.25, 0.3) is 11.0 Å². The van der Waals surface area contributed by atoms with Crippen LogP contribution >= 0.6 is 11.8 Å². The fourth-order valence-corrected chi connectivity index (χ4v) is 4.45. The molecule has 1 atom stereocenters. The Kier molecular flexibility index (Phi) is 5.17. The number of aromatic nitrogens is 3. The molecule has 0 radical (unpaired) electrons. The fourth-order valence-electron chi connectivity index (χ4n) is 2.29. The summed E-state index contributed by atoms with van der Waals surface area (Å²) in [5, 5.41) is 7.32. The third kappa shape index (κ3) is 3.95. The van der Waals surface area contributed by atoms with E-state index in [4.69, 9.17) is 0 Å². The van der Waals surface area contributed by atoms with Gasteiger partial charge in [0.25, 0.3) is 10.0 Å². The molecule has 0 amide bonds. The van der Waals surface area contributed by atoms with Crippen molar-refractivity contribution < 1.29 is 8.42 Å². The normalized spacial score (nSPS) is 13.2. The molecule has 1 unspecified atom stereocenters. The molecule has 6 nitrogen and oxygen atoms in total. The predicted octanol–water partition coefficient (Wildman–Crippen LogP) is 2.81. The lowest BCUT2D eigenvalue weighted by Crippen LogP contribution is -2.26. The molecule has 0 aliphatic rings. The average Bonchev–Trinajstić information content (AvgIpc) is 3.00. The van der Waals surface area contributed by atoms with E-state index in [1.54, 1.807) is 30.1 Å². The van der Waals surface area contributed by atoms with Crippen molar-refractivity contribution in [3.63, 3.8) is 0 Å². The number of H-pyrrole nitrogens is 1. The lowest BCUT2D eigenvalue weighted by atomic mass is 10.3. The van der Waals surface area contributed by atoms with E-state index < -0.39 is 10.0 Å². The summed E-state index contributed by atoms with van der Waals surface area (Å²) >= 11 is 1.73. The van der Waals surface area contributed by atoms with Gasteiger partial charge in [-0.25, -0.2) is 18.1 Å². The zero-order valence-corrected chi connectivity index (χ0v) is 14.8. The van der Waals surface area contributed by atoms with Gasteiger partial charge in [0.05, 0.1) is 5.39 Å². The Balaban J connectivity index is 1.59. The van der Waals surface area contributed by atoms with Crippen LogP contribution in [0.5, 0.6) is 0 Å². The molecular formula is C16H18N4O2S2. The van der Waals surface area contributed by atoms with E-state index in [2.05, 4.69) is 26.8 Å². The zero-order chi connectivity index (χ0) is 17.0. The van der Waals surface area contributed by atoms with Crippen molar-refractivity contribution in [3.05, 3.63) is 48.7 Å². The molecule has 24 heavy (non-hydrogen) atoms. The molecule has 3 rings (SSSR count). The summed E-state index contributed by atoms with van der Waals surface area (Å²) in [5.41, 5.74) is 0.464. The molecule has 0 aliphatic heterocycles. The van der Waals surface area contributed by atoms with Gasteiger partial charge in [-0.2, -0.15) is 5.10 Å². The first kappa shape index (κ1) is 16.9. The minimum Gasteiger partial charge on any atom is -0.259 e. The molecular weight excluding hydrogens is 344 g/mol. The Morgan fingerprint density at radius 3 is 2.79 bits per heavy atom. The van der Waals surface area contributed by atoms with Crippen molar-refractivity contribution >= 4 is 32.8 Å². The predicted molar refractivity (Wildman–Crippen MR) is 95.5 cm³/mol. The highest BCUT2D eigenvalue weighted by molar-refractivity contribution is 8.00. The Morgan fingerprint density at radius 1 is 1.21 bits per heavy atom. The molecule has 2 aromatic heterocycles. The first-order valence-electron chi connectivity index (χ1n) is 7.57. The number of nitrogens with zero attached hydrogens (tertiary/aromatic N) is 2. The topological polar surface area (TPSA) is 87.7 Å². The van der Waals surface area contributed by atoms with Crippen molar-refractivity contribution in [2.24, 2.45) is 0 Å². The first-order chi connectivity index (χ1) is 11.6. The first-order valence-corrected chi connectivity index (χ1v) is 9.93. The summed E-state index contributed by atoms with van der Waals surface area (Å²) in [7, 11) is -3.65. The average molecular weight is 362 g/mol. The summed E-state index contributed by atoms with van der Waals surface area (Å²) in [6, 6.07) is 13.4. The summed E-state index contributed by atoms with van der Waals surface area (Å²) in [5.74, 6) is 0. The second-order valence-electron chi connectivity index (χ2n) is 5.36. The second kappa shape index (κ2) is 7.33. The highest BCUT2D eigenvalue weighted by atomic mass is 32.2. The van der Waals surface area contributed by atoms with Crippen molar-refractivity contribution in [2.45, 2.75) is 28.5 Å². The minimum absolute atomic E-state index is 0.00559. The van der Waals surface area contributed by atoms with Gasteiger partial charge < -0.3 is 0 Å². The number of rotatable bonds is 7. The third-order valence-corrected chi connectivity index (χ3v) is 6.07. The maximum absolute atomic E-state index is 12.4. The number of pyridine rings is 1. The van der Waals surface area contributed by atoms with Gasteiger partial charge >= 0.3 is 0 Å². The zero-order valence-electron chi connectivity index (χ0n) is 13.1. The molecule has 0 saturated carbocycles. The van der Waals surface area contributed by atoms with E-state index >= 15 is 0 Å². The maximum atomic E-state index is 12.4. The van der Waals surface area contributed by atoms with E-state index in [1.165, 1.54) is 4.90 Å². The van der Waals surface area contributed by atoms with Gasteiger partial charge in [0.2, 0.25) is 5.03 Å². The lowest BCUT2D eigenvalue weighted by Gasteiger charge is -2.11. The van der Waals surface area contributed by atoms with Gasteiger partial charge in [-0.1, -0.05) is 25.1 Å². The van der Waals surface area contributed by atoms with Crippen LogP contribution in [0.4, 0.5) is 0 Å². The van der Waals surface area contributed by atoms with E-state index in [0.29, 0.717) is 22.8 Å². The minimum atomic E-state index is -3.65. The van der Waals surface area contributed by atoms with Crippen LogP contribution in [-0.2, 0) is 10.0 Å². The third-order valence-electron chi connectivity index (χ3n) is 3.48. The van der Waals surface area contributed by atoms with Crippen molar-refractivity contribution in [2.75, 3.05) is 6.54 Å². The number of benzene rings is 1. The molecule has 3 aromatic rings. The number of hydrogen-bond donors (Lipinski definition) is 2. The number of nitrogens with one attached hydrogen (secondary N) is 2. The molecule has 0 fully saturated rings. The van der Waals surface area contributed by atoms with E-state index in [1.807, 2.05) is 30.3 Å². The monoisotopic (exact) mass is 362 g/mol. The molecule has 0 aliphatic carbocycles. The Morgan fingerprint density at radius 2 is 2.00 bits per heavy atom. The summed E-state index contributed by atoms with van der Waals surface area (Å²) in [6.45, 7) is 2.44. The van der Waals surface area contributed by atoms with Crippen LogP contribution in [0, 0.1) is 0 Å². The molecule has 8 heteroatoms. The van der Waals surface area contributed by atoms with Gasteiger partial charge in [0.1, 0.15) is 0 Å². The summed E-state index contributed by atoms with van der Waals surface area (Å²) < 4.78 is 27.5. The number of hydrogen-bond acceptors (Lipinski definition) is 5. The fraction of sp³-hybridized carbons (Fsp3) is 0.250. The highest BCUT2D eigenvalue weighted by Crippen LogP contribution is 2.24. The van der Waals surface area contributed by atoms with E-state index in [9.17, 15) is 8.42 Å². The van der Waals surface area contributed by atoms with Gasteiger partial charge in [0, 0.05) is 22.9 Å². The molecule has 126 valence electrons. The second-order valence-corrected chi connectivity index (χ2v) is 8.55. The van der Waals surface area contributed by atoms with Gasteiger partial charge in [-0.3, -0.25) is 5.10 Å². The Bertz CT molecular complexity index is 910. The van der Waals surface area contributed by atoms with Crippen LogP contribution in [0.2, 0.25) is 0 Å². The molecule has 1 aromatic carbocycles. The molecule has 0 bridgehead atoms. The van der Waals surface area contributed by atoms with Crippen molar-refractivity contribution in [1.82, 2.24) is 19.9 Å². The summed E-state index contributed by atoms with van der Waals surface area (Å²) in [6.07, 6.45) is 2.31. The molecule has 0 spiro atoms. The standard InChI is InChI=1S/C16H18N4O2S2/c1-12(23-13-6-3-2-4-7-13)9-11-18-24(21,22)16-14-8-5-10-17-15(14)19-20-16/h2-8,10,12,18H,9,11H2,1H3,(H,17,19,20). The number of thioether (sulfide) groups is 1. The van der Waals surface area contributed by atoms with Gasteiger partial charge in [-0.05, 0) is 30.7 Å². The smallest absolute Gasteiger partial charge is 0.259 e. The van der Waals surface area contributed by atoms with E-state index in [0.717, 1.165) is 6.42 Å². The van der Waals surface area contributed by atoms with Crippen LogP contribution in [0.1, 0.15) is 13.3 Å². The van der Waals surface area contributed by atoms with Gasteiger partial charge in [0.15, 0.2) is 5.65 Å². The van der Waals surface area contributed by atoms with Crippen LogP contribution in [-0.4, -0.2) is 35.4 Å². The Hall–Kier alpha value is -1.90.